The van der Waals surface area contributed by atoms with Crippen molar-refractivity contribution in [3.63, 3.8) is 0 Å². The van der Waals surface area contributed by atoms with Crippen molar-refractivity contribution in [1.29, 1.82) is 0 Å². The van der Waals surface area contributed by atoms with Crippen molar-refractivity contribution in [1.82, 2.24) is 4.90 Å². The van der Waals surface area contributed by atoms with Gasteiger partial charge >= 0.3 is 0 Å². The zero-order valence-corrected chi connectivity index (χ0v) is 16.2. The summed E-state index contributed by atoms with van der Waals surface area (Å²) >= 11 is 0. The molecule has 0 radical (unpaired) electrons. The molecule has 1 N–H and O–H groups in total. The molecule has 2 fully saturated rings. The second-order valence-electron chi connectivity index (χ2n) is 7.53. The summed E-state index contributed by atoms with van der Waals surface area (Å²) < 4.78 is 17.0. The molecule has 1 aliphatic carbocycles. The molecule has 3 atom stereocenters. The first-order chi connectivity index (χ1) is 12.7. The Balaban J connectivity index is 1.52. The first kappa shape index (κ1) is 19.5. The van der Waals surface area contributed by atoms with E-state index in [1.54, 1.807) is 14.2 Å². The van der Waals surface area contributed by atoms with Crippen LogP contribution in [0.15, 0.2) is 18.2 Å². The van der Waals surface area contributed by atoms with Crippen molar-refractivity contribution >= 4 is 0 Å². The van der Waals surface area contributed by atoms with E-state index in [0.29, 0.717) is 24.7 Å². The number of nitrogens with zero attached hydrogens (tertiary/aromatic N) is 1. The van der Waals surface area contributed by atoms with Gasteiger partial charge in [-0.3, -0.25) is 4.90 Å². The first-order valence-electron chi connectivity index (χ1n) is 9.92. The Morgan fingerprint density at radius 2 is 1.88 bits per heavy atom. The highest BCUT2D eigenvalue weighted by atomic mass is 16.5. The van der Waals surface area contributed by atoms with E-state index in [4.69, 9.17) is 14.2 Å². The molecule has 0 amide bonds. The summed E-state index contributed by atoms with van der Waals surface area (Å²) in [6, 6.07) is 6.59. The van der Waals surface area contributed by atoms with E-state index in [2.05, 4.69) is 11.0 Å². The molecule has 5 heteroatoms. The molecule has 3 rings (SSSR count). The van der Waals surface area contributed by atoms with Gasteiger partial charge in [0, 0.05) is 19.2 Å². The zero-order chi connectivity index (χ0) is 18.4. The smallest absolute Gasteiger partial charge is 0.160 e. The molecule has 5 nitrogen and oxygen atoms in total. The van der Waals surface area contributed by atoms with Crippen LogP contribution in [0.3, 0.4) is 0 Å². The van der Waals surface area contributed by atoms with Gasteiger partial charge in [-0.1, -0.05) is 18.9 Å². The molecule has 1 saturated carbocycles. The van der Waals surface area contributed by atoms with Gasteiger partial charge < -0.3 is 19.3 Å². The second-order valence-corrected chi connectivity index (χ2v) is 7.53. The van der Waals surface area contributed by atoms with Crippen LogP contribution < -0.4 is 9.47 Å². The van der Waals surface area contributed by atoms with Crippen molar-refractivity contribution in [2.75, 3.05) is 40.5 Å². The van der Waals surface area contributed by atoms with Crippen molar-refractivity contribution < 1.29 is 19.3 Å². The Kier molecular flexibility index (Phi) is 7.17. The average Bonchev–Trinajstić information content (AvgIpc) is 3.17. The molecule has 1 saturated heterocycles. The molecule has 146 valence electrons. The van der Waals surface area contributed by atoms with Crippen LogP contribution in [0.4, 0.5) is 0 Å². The third kappa shape index (κ3) is 4.70. The van der Waals surface area contributed by atoms with Gasteiger partial charge in [-0.25, -0.2) is 0 Å². The van der Waals surface area contributed by atoms with Crippen LogP contribution in [0.25, 0.3) is 0 Å². The van der Waals surface area contributed by atoms with E-state index in [0.717, 1.165) is 50.5 Å². The lowest BCUT2D eigenvalue weighted by Gasteiger charge is -2.38. The highest BCUT2D eigenvalue weighted by Gasteiger charge is 2.34. The van der Waals surface area contributed by atoms with E-state index in [9.17, 15) is 5.11 Å². The molecular formula is C21H33NO4. The normalized spacial score (nSPS) is 26.8. The second kappa shape index (κ2) is 9.58. The van der Waals surface area contributed by atoms with E-state index in [1.165, 1.54) is 24.8 Å². The average molecular weight is 363 g/mol. The van der Waals surface area contributed by atoms with Gasteiger partial charge in [0.25, 0.3) is 0 Å². The summed E-state index contributed by atoms with van der Waals surface area (Å²) in [7, 11) is 3.32. The van der Waals surface area contributed by atoms with E-state index >= 15 is 0 Å². The van der Waals surface area contributed by atoms with Gasteiger partial charge in [0.15, 0.2) is 11.5 Å². The van der Waals surface area contributed by atoms with Crippen LogP contribution in [0.2, 0.25) is 0 Å². The summed E-state index contributed by atoms with van der Waals surface area (Å²) in [5.74, 6) is 1.98. The number of rotatable bonds is 8. The fourth-order valence-corrected chi connectivity index (χ4v) is 4.37. The van der Waals surface area contributed by atoms with Crippen molar-refractivity contribution in [3.05, 3.63) is 23.8 Å². The Labute approximate surface area is 157 Å². The molecule has 1 aromatic rings. The molecule has 0 aromatic heterocycles. The number of aliphatic hydroxyl groups excluding tert-OH is 1. The molecule has 26 heavy (non-hydrogen) atoms. The highest BCUT2D eigenvalue weighted by molar-refractivity contribution is 5.42. The van der Waals surface area contributed by atoms with Crippen LogP contribution in [-0.2, 0) is 11.2 Å². The first-order valence-corrected chi connectivity index (χ1v) is 9.92. The molecule has 1 heterocycles. The maximum absolute atomic E-state index is 9.42. The molecule has 2 aliphatic rings. The predicted molar refractivity (Wildman–Crippen MR) is 102 cm³/mol. The van der Waals surface area contributed by atoms with E-state index in [1.807, 2.05) is 12.1 Å². The lowest BCUT2D eigenvalue weighted by Crippen LogP contribution is -2.46. The van der Waals surface area contributed by atoms with Gasteiger partial charge in [0.1, 0.15) is 0 Å². The SMILES string of the molecule is COc1ccc(CCOC2CCCCC2N2CCC(CO)C2)cc1OC. The molecular weight excluding hydrogens is 330 g/mol. The molecule has 3 unspecified atom stereocenters. The van der Waals surface area contributed by atoms with E-state index in [-0.39, 0.29) is 0 Å². The number of benzene rings is 1. The zero-order valence-electron chi connectivity index (χ0n) is 16.2. The van der Waals surface area contributed by atoms with Crippen molar-refractivity contribution in [2.24, 2.45) is 5.92 Å². The minimum absolute atomic E-state index is 0.314. The molecule has 1 aromatic carbocycles. The lowest BCUT2D eigenvalue weighted by atomic mass is 9.91. The van der Waals surface area contributed by atoms with Gasteiger partial charge in [0.05, 0.1) is 26.9 Å². The van der Waals surface area contributed by atoms with Gasteiger partial charge in [0.2, 0.25) is 0 Å². The minimum atomic E-state index is 0.314. The highest BCUT2D eigenvalue weighted by Crippen LogP contribution is 2.31. The summed E-state index contributed by atoms with van der Waals surface area (Å²) in [5, 5.41) is 9.42. The van der Waals surface area contributed by atoms with Crippen LogP contribution in [0, 0.1) is 5.92 Å². The summed E-state index contributed by atoms with van der Waals surface area (Å²) in [6.07, 6.45) is 7.24. The van der Waals surface area contributed by atoms with Crippen molar-refractivity contribution in [2.45, 2.75) is 50.7 Å². The fraction of sp³-hybridized carbons (Fsp3) is 0.714. The number of aliphatic hydroxyl groups is 1. The van der Waals surface area contributed by atoms with Crippen LogP contribution >= 0.6 is 0 Å². The van der Waals surface area contributed by atoms with Crippen LogP contribution in [0.5, 0.6) is 11.5 Å². The van der Waals surface area contributed by atoms with Gasteiger partial charge in [-0.05, 0) is 55.8 Å². The number of ether oxygens (including phenoxy) is 3. The van der Waals surface area contributed by atoms with Crippen molar-refractivity contribution in [3.8, 4) is 11.5 Å². The van der Waals surface area contributed by atoms with Gasteiger partial charge in [-0.15, -0.1) is 0 Å². The third-order valence-electron chi connectivity index (χ3n) is 5.88. The predicted octanol–water partition coefficient (Wildman–Crippen LogP) is 2.89. The number of methoxy groups -OCH3 is 2. The maximum atomic E-state index is 9.42. The molecule has 0 bridgehead atoms. The van der Waals surface area contributed by atoms with Gasteiger partial charge in [-0.2, -0.15) is 0 Å². The van der Waals surface area contributed by atoms with Crippen LogP contribution in [0.1, 0.15) is 37.7 Å². The minimum Gasteiger partial charge on any atom is -0.493 e. The fourth-order valence-electron chi connectivity index (χ4n) is 4.37. The standard InChI is InChI=1S/C21H33NO4/c1-24-20-8-7-16(13-21(20)25-2)10-12-26-19-6-4-3-5-18(19)22-11-9-17(14-22)15-23/h7-8,13,17-19,23H,3-6,9-12,14-15H2,1-2H3. The largest absolute Gasteiger partial charge is 0.493 e. The Hall–Kier alpha value is -1.30. The summed E-state index contributed by atoms with van der Waals surface area (Å²) in [5.41, 5.74) is 1.21. The quantitative estimate of drug-likeness (QED) is 0.770. The molecule has 0 spiro atoms. The molecule has 1 aliphatic heterocycles. The third-order valence-corrected chi connectivity index (χ3v) is 5.88. The Morgan fingerprint density at radius 3 is 2.62 bits per heavy atom. The number of hydrogen-bond acceptors (Lipinski definition) is 5. The van der Waals surface area contributed by atoms with Crippen LogP contribution in [-0.4, -0.2) is 62.7 Å². The topological polar surface area (TPSA) is 51.2 Å². The number of hydrogen-bond donors (Lipinski definition) is 1. The number of likely N-dealkylation sites (tertiary alicyclic amines) is 1. The monoisotopic (exact) mass is 363 g/mol. The maximum Gasteiger partial charge on any atom is 0.160 e. The van der Waals surface area contributed by atoms with E-state index < -0.39 is 0 Å². The lowest BCUT2D eigenvalue weighted by molar-refractivity contribution is -0.0304. The Morgan fingerprint density at radius 1 is 1.08 bits per heavy atom. The summed E-state index contributed by atoms with van der Waals surface area (Å²) in [4.78, 5) is 2.56. The summed E-state index contributed by atoms with van der Waals surface area (Å²) in [6.45, 7) is 3.17. The Bertz CT molecular complexity index is 565.